The molecule has 118 valence electrons. The van der Waals surface area contributed by atoms with E-state index in [2.05, 4.69) is 5.32 Å². The van der Waals surface area contributed by atoms with Crippen molar-refractivity contribution in [1.29, 1.82) is 0 Å². The number of hydrogen-bond acceptors (Lipinski definition) is 3. The fraction of sp³-hybridized carbons (Fsp3) is 0.533. The van der Waals surface area contributed by atoms with Crippen molar-refractivity contribution in [2.24, 2.45) is 11.7 Å². The summed E-state index contributed by atoms with van der Waals surface area (Å²) in [4.78, 5) is 11.8. The van der Waals surface area contributed by atoms with Crippen molar-refractivity contribution >= 4 is 18.3 Å². The maximum absolute atomic E-state index is 12.8. The van der Waals surface area contributed by atoms with E-state index in [4.69, 9.17) is 5.73 Å². The summed E-state index contributed by atoms with van der Waals surface area (Å²) in [6.07, 6.45) is 2.65. The summed E-state index contributed by atoms with van der Waals surface area (Å²) in [5, 5.41) is 12.6. The number of aliphatic hydroxyl groups is 1. The molecule has 4 N–H and O–H groups in total. The van der Waals surface area contributed by atoms with Crippen molar-refractivity contribution in [2.75, 3.05) is 6.54 Å². The molecule has 0 aromatic heterocycles. The highest BCUT2D eigenvalue weighted by Gasteiger charge is 2.26. The van der Waals surface area contributed by atoms with Crippen LogP contribution >= 0.6 is 12.4 Å². The van der Waals surface area contributed by atoms with Gasteiger partial charge in [-0.1, -0.05) is 18.6 Å². The highest BCUT2D eigenvalue weighted by molar-refractivity contribution is 5.85. The van der Waals surface area contributed by atoms with Crippen LogP contribution in [0.3, 0.4) is 0 Å². The first-order valence-electron chi connectivity index (χ1n) is 7.02. The van der Waals surface area contributed by atoms with Gasteiger partial charge in [0.15, 0.2) is 0 Å². The van der Waals surface area contributed by atoms with E-state index >= 15 is 0 Å². The largest absolute Gasteiger partial charge is 0.387 e. The minimum atomic E-state index is -0.822. The van der Waals surface area contributed by atoms with E-state index in [1.54, 1.807) is 0 Å². The van der Waals surface area contributed by atoms with Crippen LogP contribution in [0.5, 0.6) is 0 Å². The lowest BCUT2D eigenvalue weighted by Gasteiger charge is -2.16. The Labute approximate surface area is 130 Å². The van der Waals surface area contributed by atoms with Crippen LogP contribution in [0.15, 0.2) is 24.3 Å². The molecule has 0 spiro atoms. The van der Waals surface area contributed by atoms with Crippen molar-refractivity contribution in [1.82, 2.24) is 5.32 Å². The van der Waals surface area contributed by atoms with Crippen LogP contribution in [-0.4, -0.2) is 23.6 Å². The summed E-state index contributed by atoms with van der Waals surface area (Å²) < 4.78 is 12.8. The van der Waals surface area contributed by atoms with Crippen LogP contribution < -0.4 is 11.1 Å². The summed E-state index contributed by atoms with van der Waals surface area (Å²) in [6.45, 7) is 0.131. The summed E-state index contributed by atoms with van der Waals surface area (Å²) in [7, 11) is 0. The molecular formula is C15H22ClFN2O2. The number of nitrogens with two attached hydrogens (primary N) is 1. The van der Waals surface area contributed by atoms with Gasteiger partial charge in [-0.2, -0.15) is 0 Å². The van der Waals surface area contributed by atoms with Gasteiger partial charge in [0.2, 0.25) is 5.91 Å². The minimum Gasteiger partial charge on any atom is -0.387 e. The molecule has 1 saturated carbocycles. The monoisotopic (exact) mass is 316 g/mol. The quantitative estimate of drug-likeness (QED) is 0.777. The van der Waals surface area contributed by atoms with Crippen molar-refractivity contribution < 1.29 is 14.3 Å². The maximum atomic E-state index is 12.8. The lowest BCUT2D eigenvalue weighted by molar-refractivity contribution is -0.122. The Kier molecular flexibility index (Phi) is 7.08. The fourth-order valence-electron chi connectivity index (χ4n) is 2.64. The van der Waals surface area contributed by atoms with Crippen molar-refractivity contribution in [3.05, 3.63) is 35.6 Å². The Balaban J connectivity index is 0.00000220. The number of carbonyl (C=O) groups is 1. The fourth-order valence-corrected chi connectivity index (χ4v) is 2.64. The van der Waals surface area contributed by atoms with E-state index < -0.39 is 6.10 Å². The predicted molar refractivity (Wildman–Crippen MR) is 81.6 cm³/mol. The number of rotatable bonds is 5. The third-order valence-electron chi connectivity index (χ3n) is 3.91. The molecule has 0 heterocycles. The van der Waals surface area contributed by atoms with E-state index in [-0.39, 0.29) is 42.6 Å². The average Bonchev–Trinajstić information content (AvgIpc) is 2.82. The molecule has 1 aromatic carbocycles. The SMILES string of the molecule is Cl.N[C@@H]1CCC[C@H]1CC(=O)NCC(O)c1ccc(F)cc1. The summed E-state index contributed by atoms with van der Waals surface area (Å²) in [6, 6.07) is 5.72. The molecule has 0 bridgehead atoms. The lowest BCUT2D eigenvalue weighted by Crippen LogP contribution is -2.33. The maximum Gasteiger partial charge on any atom is 0.220 e. The number of nitrogens with one attached hydrogen (secondary N) is 1. The molecule has 2 rings (SSSR count). The summed E-state index contributed by atoms with van der Waals surface area (Å²) in [5.74, 6) is -0.188. The van der Waals surface area contributed by atoms with Gasteiger partial charge in [-0.25, -0.2) is 4.39 Å². The molecule has 21 heavy (non-hydrogen) atoms. The first-order valence-corrected chi connectivity index (χ1v) is 7.02. The highest BCUT2D eigenvalue weighted by atomic mass is 35.5. The summed E-state index contributed by atoms with van der Waals surface area (Å²) in [5.41, 5.74) is 6.51. The molecule has 1 aliphatic rings. The molecular weight excluding hydrogens is 295 g/mol. The van der Waals surface area contributed by atoms with E-state index in [1.807, 2.05) is 0 Å². The van der Waals surface area contributed by atoms with E-state index in [0.29, 0.717) is 12.0 Å². The number of carbonyl (C=O) groups excluding carboxylic acids is 1. The standard InChI is InChI=1S/C15H21FN2O2.ClH/c16-12-6-4-10(5-7-12)14(19)9-18-15(20)8-11-2-1-3-13(11)17;/h4-7,11,13-14,19H,1-3,8-9,17H2,(H,18,20);1H/t11-,13+,14?;/m0./s1. The first-order chi connectivity index (χ1) is 9.56. The Bertz CT molecular complexity index is 455. The second-order valence-corrected chi connectivity index (χ2v) is 5.43. The zero-order valence-electron chi connectivity index (χ0n) is 11.8. The van der Waals surface area contributed by atoms with Gasteiger partial charge in [0.25, 0.3) is 0 Å². The molecule has 1 amide bonds. The van der Waals surface area contributed by atoms with Crippen LogP contribution in [0.4, 0.5) is 4.39 Å². The van der Waals surface area contributed by atoms with Gasteiger partial charge in [-0.3, -0.25) is 4.79 Å². The normalized spacial score (nSPS) is 22.4. The molecule has 0 saturated heterocycles. The molecule has 4 nitrogen and oxygen atoms in total. The molecule has 1 fully saturated rings. The van der Waals surface area contributed by atoms with Gasteiger partial charge in [0.1, 0.15) is 5.82 Å². The van der Waals surface area contributed by atoms with Gasteiger partial charge < -0.3 is 16.2 Å². The number of benzene rings is 1. The molecule has 3 atom stereocenters. The van der Waals surface area contributed by atoms with Gasteiger partial charge in [-0.05, 0) is 36.5 Å². The molecule has 1 aliphatic carbocycles. The second kappa shape index (κ2) is 8.32. The molecule has 6 heteroatoms. The summed E-state index contributed by atoms with van der Waals surface area (Å²) >= 11 is 0. The second-order valence-electron chi connectivity index (χ2n) is 5.43. The van der Waals surface area contributed by atoms with Crippen molar-refractivity contribution in [3.8, 4) is 0 Å². The lowest BCUT2D eigenvalue weighted by atomic mass is 10.00. The van der Waals surface area contributed by atoms with Gasteiger partial charge in [0.05, 0.1) is 6.10 Å². The third-order valence-corrected chi connectivity index (χ3v) is 3.91. The Morgan fingerprint density at radius 1 is 1.38 bits per heavy atom. The van der Waals surface area contributed by atoms with Gasteiger partial charge >= 0.3 is 0 Å². The Morgan fingerprint density at radius 2 is 2.05 bits per heavy atom. The smallest absolute Gasteiger partial charge is 0.220 e. The number of hydrogen-bond donors (Lipinski definition) is 3. The third kappa shape index (κ3) is 5.26. The van der Waals surface area contributed by atoms with Crippen LogP contribution in [0.2, 0.25) is 0 Å². The van der Waals surface area contributed by atoms with E-state index in [0.717, 1.165) is 19.3 Å². The Hall–Kier alpha value is -1.17. The molecule has 1 unspecified atom stereocenters. The zero-order chi connectivity index (χ0) is 14.5. The van der Waals surface area contributed by atoms with E-state index in [9.17, 15) is 14.3 Å². The van der Waals surface area contributed by atoms with Crippen LogP contribution in [0, 0.1) is 11.7 Å². The highest BCUT2D eigenvalue weighted by Crippen LogP contribution is 2.26. The molecule has 0 radical (unpaired) electrons. The van der Waals surface area contributed by atoms with Gasteiger partial charge in [-0.15, -0.1) is 12.4 Å². The minimum absolute atomic E-state index is 0. The van der Waals surface area contributed by atoms with Crippen LogP contribution in [-0.2, 0) is 4.79 Å². The van der Waals surface area contributed by atoms with Crippen molar-refractivity contribution in [2.45, 2.75) is 37.8 Å². The van der Waals surface area contributed by atoms with Gasteiger partial charge in [0, 0.05) is 19.0 Å². The zero-order valence-corrected chi connectivity index (χ0v) is 12.6. The average molecular weight is 317 g/mol. The number of aliphatic hydroxyl groups excluding tert-OH is 1. The molecule has 0 aliphatic heterocycles. The number of amides is 1. The van der Waals surface area contributed by atoms with Crippen molar-refractivity contribution in [3.63, 3.8) is 0 Å². The van der Waals surface area contributed by atoms with Crippen LogP contribution in [0.1, 0.15) is 37.4 Å². The Morgan fingerprint density at radius 3 is 2.62 bits per heavy atom. The van der Waals surface area contributed by atoms with E-state index in [1.165, 1.54) is 24.3 Å². The predicted octanol–water partition coefficient (Wildman–Crippen LogP) is 1.91. The molecule has 1 aromatic rings. The van der Waals surface area contributed by atoms with Crippen LogP contribution in [0.25, 0.3) is 0 Å². The topological polar surface area (TPSA) is 75.4 Å². The number of halogens is 2. The first kappa shape index (κ1) is 17.9.